The Morgan fingerprint density at radius 1 is 1.41 bits per heavy atom. The maximum atomic E-state index is 9.40. The van der Waals surface area contributed by atoms with Crippen LogP contribution in [0.4, 0.5) is 0 Å². The van der Waals surface area contributed by atoms with Crippen molar-refractivity contribution in [2.45, 2.75) is 26.2 Å². The molecule has 4 heteroatoms. The molecule has 0 saturated heterocycles. The van der Waals surface area contributed by atoms with Crippen molar-refractivity contribution in [3.05, 3.63) is 30.1 Å². The fourth-order valence-corrected chi connectivity index (χ4v) is 2.04. The van der Waals surface area contributed by atoms with E-state index in [0.717, 1.165) is 17.8 Å². The van der Waals surface area contributed by atoms with Gasteiger partial charge in [0, 0.05) is 11.5 Å². The smallest absolute Gasteiger partial charge is 0.258 e. The normalized spacial score (nSPS) is 21.4. The standard InChI is InChI=1S/C13H14N2O2/c1-13(2)7-10(13)11-14-12(17-15-11)8-4-3-5-9(16)6-8/h3-6,10,16H,7H2,1-2H3. The molecule has 1 aliphatic carbocycles. The van der Waals surface area contributed by atoms with Crippen LogP contribution in [0.25, 0.3) is 11.5 Å². The monoisotopic (exact) mass is 230 g/mol. The van der Waals surface area contributed by atoms with Crippen LogP contribution >= 0.6 is 0 Å². The molecular formula is C13H14N2O2. The average Bonchev–Trinajstić information content (AvgIpc) is 2.76. The van der Waals surface area contributed by atoms with E-state index in [1.807, 2.05) is 6.07 Å². The highest BCUT2D eigenvalue weighted by Crippen LogP contribution is 2.57. The van der Waals surface area contributed by atoms with Gasteiger partial charge >= 0.3 is 0 Å². The Morgan fingerprint density at radius 3 is 2.82 bits per heavy atom. The highest BCUT2D eigenvalue weighted by atomic mass is 16.5. The SMILES string of the molecule is CC1(C)CC1c1noc(-c2cccc(O)c2)n1. The number of hydrogen-bond acceptors (Lipinski definition) is 4. The first-order chi connectivity index (χ1) is 8.06. The topological polar surface area (TPSA) is 59.2 Å². The summed E-state index contributed by atoms with van der Waals surface area (Å²) in [4.78, 5) is 4.39. The molecule has 0 spiro atoms. The van der Waals surface area contributed by atoms with Gasteiger partial charge in [-0.25, -0.2) is 0 Å². The zero-order valence-corrected chi connectivity index (χ0v) is 9.84. The largest absolute Gasteiger partial charge is 0.508 e. The number of hydrogen-bond donors (Lipinski definition) is 1. The van der Waals surface area contributed by atoms with Crippen molar-refractivity contribution < 1.29 is 9.63 Å². The minimum absolute atomic E-state index is 0.203. The van der Waals surface area contributed by atoms with Crippen LogP contribution in [0.5, 0.6) is 5.75 Å². The molecule has 0 bridgehead atoms. The molecule has 17 heavy (non-hydrogen) atoms. The van der Waals surface area contributed by atoms with Gasteiger partial charge < -0.3 is 9.63 Å². The van der Waals surface area contributed by atoms with Crippen molar-refractivity contribution in [1.82, 2.24) is 10.1 Å². The first kappa shape index (κ1) is 10.3. The van der Waals surface area contributed by atoms with Gasteiger partial charge in [-0.05, 0) is 30.0 Å². The second-order valence-electron chi connectivity index (χ2n) is 5.25. The highest BCUT2D eigenvalue weighted by molar-refractivity contribution is 5.55. The lowest BCUT2D eigenvalue weighted by Gasteiger charge is -1.96. The van der Waals surface area contributed by atoms with Crippen molar-refractivity contribution in [2.24, 2.45) is 5.41 Å². The molecule has 1 aliphatic rings. The molecule has 1 aromatic carbocycles. The van der Waals surface area contributed by atoms with E-state index in [2.05, 4.69) is 24.0 Å². The van der Waals surface area contributed by atoms with E-state index in [9.17, 15) is 5.11 Å². The Bertz CT molecular complexity index is 560. The van der Waals surface area contributed by atoms with E-state index in [-0.39, 0.29) is 5.75 Å². The maximum absolute atomic E-state index is 9.40. The van der Waals surface area contributed by atoms with Crippen LogP contribution in [0.1, 0.15) is 32.0 Å². The molecule has 4 nitrogen and oxygen atoms in total. The molecule has 1 atom stereocenters. The number of aromatic nitrogens is 2. The second-order valence-corrected chi connectivity index (χ2v) is 5.25. The Balaban J connectivity index is 1.91. The summed E-state index contributed by atoms with van der Waals surface area (Å²) in [7, 11) is 0. The third kappa shape index (κ3) is 1.79. The fraction of sp³-hybridized carbons (Fsp3) is 0.385. The summed E-state index contributed by atoms with van der Waals surface area (Å²) >= 11 is 0. The van der Waals surface area contributed by atoms with E-state index in [0.29, 0.717) is 17.2 Å². The van der Waals surface area contributed by atoms with Crippen LogP contribution in [-0.2, 0) is 0 Å². The Labute approximate surface area is 99.3 Å². The van der Waals surface area contributed by atoms with Crippen molar-refractivity contribution in [3.8, 4) is 17.2 Å². The second kappa shape index (κ2) is 3.32. The number of benzene rings is 1. The lowest BCUT2D eigenvalue weighted by molar-refractivity contribution is 0.418. The number of phenols is 1. The molecule has 1 N–H and O–H groups in total. The first-order valence-electron chi connectivity index (χ1n) is 5.69. The number of rotatable bonds is 2. The van der Waals surface area contributed by atoms with Gasteiger partial charge in [-0.2, -0.15) is 4.98 Å². The third-order valence-electron chi connectivity index (χ3n) is 3.36. The van der Waals surface area contributed by atoms with Crippen molar-refractivity contribution in [1.29, 1.82) is 0 Å². The number of phenolic OH excluding ortho intramolecular Hbond substituents is 1. The molecule has 0 aliphatic heterocycles. The summed E-state index contributed by atoms with van der Waals surface area (Å²) in [5.41, 5.74) is 1.04. The van der Waals surface area contributed by atoms with Gasteiger partial charge in [0.15, 0.2) is 5.82 Å². The van der Waals surface area contributed by atoms with E-state index >= 15 is 0 Å². The number of nitrogens with zero attached hydrogens (tertiary/aromatic N) is 2. The third-order valence-corrected chi connectivity index (χ3v) is 3.36. The van der Waals surface area contributed by atoms with Crippen molar-refractivity contribution in [3.63, 3.8) is 0 Å². The van der Waals surface area contributed by atoms with Crippen LogP contribution in [0.2, 0.25) is 0 Å². The zero-order valence-electron chi connectivity index (χ0n) is 9.84. The lowest BCUT2D eigenvalue weighted by atomic mass is 10.1. The lowest BCUT2D eigenvalue weighted by Crippen LogP contribution is -1.91. The van der Waals surface area contributed by atoms with Gasteiger partial charge in [0.25, 0.3) is 5.89 Å². The van der Waals surface area contributed by atoms with Crippen LogP contribution in [0.3, 0.4) is 0 Å². The molecule has 3 rings (SSSR count). The van der Waals surface area contributed by atoms with Crippen LogP contribution in [-0.4, -0.2) is 15.2 Å². The summed E-state index contributed by atoms with van der Waals surface area (Å²) < 4.78 is 5.23. The van der Waals surface area contributed by atoms with Crippen molar-refractivity contribution in [2.75, 3.05) is 0 Å². The van der Waals surface area contributed by atoms with Gasteiger partial charge in [-0.15, -0.1) is 0 Å². The summed E-state index contributed by atoms with van der Waals surface area (Å²) in [6, 6.07) is 6.84. The quantitative estimate of drug-likeness (QED) is 0.861. The highest BCUT2D eigenvalue weighted by Gasteiger charge is 2.49. The maximum Gasteiger partial charge on any atom is 0.258 e. The fourth-order valence-electron chi connectivity index (χ4n) is 2.04. The Kier molecular flexibility index (Phi) is 2.02. The molecule has 1 unspecified atom stereocenters. The molecule has 1 saturated carbocycles. The summed E-state index contributed by atoms with van der Waals surface area (Å²) in [5.74, 6) is 1.85. The summed E-state index contributed by atoms with van der Waals surface area (Å²) in [6.45, 7) is 4.39. The molecule has 1 aromatic heterocycles. The molecule has 0 radical (unpaired) electrons. The zero-order chi connectivity index (χ0) is 12.0. The molecule has 2 aromatic rings. The van der Waals surface area contributed by atoms with Crippen LogP contribution < -0.4 is 0 Å². The molecule has 1 fully saturated rings. The summed E-state index contributed by atoms with van der Waals surface area (Å²) in [6.07, 6.45) is 1.10. The van der Waals surface area contributed by atoms with Crippen LogP contribution in [0, 0.1) is 5.41 Å². The first-order valence-corrected chi connectivity index (χ1v) is 5.69. The van der Waals surface area contributed by atoms with Crippen LogP contribution in [0.15, 0.2) is 28.8 Å². The molecule has 88 valence electrons. The van der Waals surface area contributed by atoms with E-state index in [1.165, 1.54) is 0 Å². The predicted octanol–water partition coefficient (Wildman–Crippen LogP) is 2.96. The van der Waals surface area contributed by atoms with E-state index < -0.39 is 0 Å². The minimum atomic E-state index is 0.203. The van der Waals surface area contributed by atoms with E-state index in [4.69, 9.17) is 4.52 Å². The van der Waals surface area contributed by atoms with Crippen molar-refractivity contribution >= 4 is 0 Å². The van der Waals surface area contributed by atoms with Gasteiger partial charge in [0.05, 0.1) is 0 Å². The minimum Gasteiger partial charge on any atom is -0.508 e. The number of aromatic hydroxyl groups is 1. The van der Waals surface area contributed by atoms with Gasteiger partial charge in [0.1, 0.15) is 5.75 Å². The van der Waals surface area contributed by atoms with Gasteiger partial charge in [0.2, 0.25) is 0 Å². The predicted molar refractivity (Wildman–Crippen MR) is 62.5 cm³/mol. The van der Waals surface area contributed by atoms with E-state index in [1.54, 1.807) is 18.2 Å². The Morgan fingerprint density at radius 2 is 2.18 bits per heavy atom. The molecule has 1 heterocycles. The molecule has 0 amide bonds. The molecular weight excluding hydrogens is 216 g/mol. The van der Waals surface area contributed by atoms with Gasteiger partial charge in [-0.3, -0.25) is 0 Å². The van der Waals surface area contributed by atoms with Gasteiger partial charge in [-0.1, -0.05) is 25.1 Å². The Hall–Kier alpha value is -1.84. The summed E-state index contributed by atoms with van der Waals surface area (Å²) in [5, 5.41) is 13.4. The average molecular weight is 230 g/mol.